The van der Waals surface area contributed by atoms with E-state index in [0.717, 1.165) is 28.5 Å². The van der Waals surface area contributed by atoms with Crippen molar-refractivity contribution in [1.29, 1.82) is 0 Å². The molecule has 2 aromatic rings. The average molecular weight is 465 g/mol. The minimum absolute atomic E-state index is 0.0805. The van der Waals surface area contributed by atoms with Crippen LogP contribution in [0.5, 0.6) is 11.5 Å². The van der Waals surface area contributed by atoms with E-state index >= 15 is 0 Å². The van der Waals surface area contributed by atoms with Gasteiger partial charge in [-0.1, -0.05) is 18.8 Å². The van der Waals surface area contributed by atoms with Crippen molar-refractivity contribution < 1.29 is 29.2 Å². The number of aliphatic hydroxyl groups is 2. The van der Waals surface area contributed by atoms with Crippen molar-refractivity contribution >= 4 is 22.9 Å². The summed E-state index contributed by atoms with van der Waals surface area (Å²) < 4.78 is 16.3. The molecule has 0 saturated heterocycles. The van der Waals surface area contributed by atoms with Crippen molar-refractivity contribution in [1.82, 2.24) is 9.88 Å². The third kappa shape index (κ3) is 4.14. The molecule has 2 aliphatic heterocycles. The summed E-state index contributed by atoms with van der Waals surface area (Å²) in [5.74, 6) is 7.08. The number of fused-ring (bicyclic) bond motifs is 3. The third-order valence-electron chi connectivity index (χ3n) is 6.26. The number of carbonyl (C=O) groups is 1. The Morgan fingerprint density at radius 1 is 1.35 bits per heavy atom. The Kier molecular flexibility index (Phi) is 6.62. The van der Waals surface area contributed by atoms with Crippen molar-refractivity contribution in [3.8, 4) is 23.3 Å². The monoisotopic (exact) mass is 464 g/mol. The molecular weight excluding hydrogens is 436 g/mol. The van der Waals surface area contributed by atoms with E-state index in [0.29, 0.717) is 46.8 Å². The molecule has 0 bridgehead atoms. The Morgan fingerprint density at radius 2 is 2.09 bits per heavy atom. The summed E-state index contributed by atoms with van der Waals surface area (Å²) >= 11 is 0. The van der Waals surface area contributed by atoms with E-state index in [-0.39, 0.29) is 20.0 Å². The second-order valence-electron chi connectivity index (χ2n) is 8.50. The lowest BCUT2D eigenvalue weighted by molar-refractivity contribution is -0.105. The Bertz CT molecular complexity index is 1270. The lowest BCUT2D eigenvalue weighted by Crippen LogP contribution is -2.28. The third-order valence-corrected chi connectivity index (χ3v) is 6.26. The molecule has 178 valence electrons. The molecule has 8 nitrogen and oxygen atoms in total. The number of aliphatic hydroxyl groups excluding tert-OH is 1. The number of pyridine rings is 1. The molecule has 0 amide bonds. The van der Waals surface area contributed by atoms with Crippen LogP contribution in [0.25, 0.3) is 16.6 Å². The second-order valence-corrected chi connectivity index (χ2v) is 8.50. The Labute approximate surface area is 198 Å². The Balaban J connectivity index is 2.00. The van der Waals surface area contributed by atoms with Gasteiger partial charge >= 0.3 is 0 Å². The summed E-state index contributed by atoms with van der Waals surface area (Å²) in [4.78, 5) is 18.8. The van der Waals surface area contributed by atoms with Gasteiger partial charge in [-0.2, -0.15) is 0 Å². The van der Waals surface area contributed by atoms with Crippen LogP contribution in [-0.2, 0) is 16.1 Å². The fraction of sp³-hybridized carbons (Fsp3) is 0.385. The van der Waals surface area contributed by atoms with E-state index in [2.05, 4.69) is 11.8 Å². The van der Waals surface area contributed by atoms with Crippen molar-refractivity contribution in [2.45, 2.75) is 32.4 Å². The quantitative estimate of drug-likeness (QED) is 0.382. The van der Waals surface area contributed by atoms with Gasteiger partial charge in [0.05, 0.1) is 29.1 Å². The molecule has 1 aromatic heterocycles. The molecule has 0 aliphatic carbocycles. The van der Waals surface area contributed by atoms with E-state index in [9.17, 15) is 15.0 Å². The summed E-state index contributed by atoms with van der Waals surface area (Å²) in [6, 6.07) is 3.68. The molecule has 2 aliphatic rings. The number of carbonyl (C=O) groups excluding carboxylic acids is 1. The standard InChI is InChI=1S/C26H28N2O6/c1-5-26(2,31)20(16(13-30)14-32-4)10-22-25-19(12-28(22)3)17(7-6-8-29)18-9-23-24(34-15-33-23)11-21(18)27-25/h9-11,13,29,31H,5,8,12,14-15H2,1-4H3/b20-16-,22-10-/t26-/m0/s1. The summed E-state index contributed by atoms with van der Waals surface area (Å²) in [6.07, 6.45) is 2.95. The largest absolute Gasteiger partial charge is 0.454 e. The van der Waals surface area contributed by atoms with Gasteiger partial charge in [-0.3, -0.25) is 4.79 Å². The van der Waals surface area contributed by atoms with Gasteiger partial charge in [0.1, 0.15) is 12.9 Å². The first-order valence-electron chi connectivity index (χ1n) is 11.0. The zero-order valence-electron chi connectivity index (χ0n) is 19.8. The maximum absolute atomic E-state index is 11.9. The van der Waals surface area contributed by atoms with Crippen LogP contribution < -0.4 is 9.47 Å². The predicted octanol–water partition coefficient (Wildman–Crippen LogP) is 2.40. The number of rotatable bonds is 6. The average Bonchev–Trinajstić information content (AvgIpc) is 3.40. The van der Waals surface area contributed by atoms with Gasteiger partial charge < -0.3 is 29.3 Å². The number of nitrogens with zero attached hydrogens (tertiary/aromatic N) is 2. The van der Waals surface area contributed by atoms with Crippen molar-refractivity contribution in [3.63, 3.8) is 0 Å². The molecule has 3 heterocycles. The zero-order chi connectivity index (χ0) is 24.5. The number of hydrogen-bond acceptors (Lipinski definition) is 8. The van der Waals surface area contributed by atoms with E-state index in [4.69, 9.17) is 19.2 Å². The van der Waals surface area contributed by atoms with Gasteiger partial charge in [0, 0.05) is 48.9 Å². The van der Waals surface area contributed by atoms with E-state index in [1.807, 2.05) is 37.1 Å². The molecule has 0 spiro atoms. The van der Waals surface area contributed by atoms with Crippen LogP contribution in [0.3, 0.4) is 0 Å². The van der Waals surface area contributed by atoms with Crippen LogP contribution in [0.2, 0.25) is 0 Å². The molecule has 0 fully saturated rings. The van der Waals surface area contributed by atoms with Crippen LogP contribution in [0.1, 0.15) is 37.1 Å². The van der Waals surface area contributed by atoms with Crippen LogP contribution in [-0.4, -0.2) is 66.1 Å². The number of hydrogen-bond donors (Lipinski definition) is 2. The van der Waals surface area contributed by atoms with Gasteiger partial charge in [-0.15, -0.1) is 0 Å². The topological polar surface area (TPSA) is 101 Å². The van der Waals surface area contributed by atoms with Crippen LogP contribution in [0.4, 0.5) is 0 Å². The fourth-order valence-electron chi connectivity index (χ4n) is 4.26. The van der Waals surface area contributed by atoms with Crippen molar-refractivity contribution in [3.05, 3.63) is 46.2 Å². The fourth-order valence-corrected chi connectivity index (χ4v) is 4.26. The molecule has 1 aromatic carbocycles. The highest BCUT2D eigenvalue weighted by Gasteiger charge is 2.32. The predicted molar refractivity (Wildman–Crippen MR) is 127 cm³/mol. The summed E-state index contributed by atoms with van der Waals surface area (Å²) in [5, 5.41) is 21.3. The van der Waals surface area contributed by atoms with E-state index < -0.39 is 5.60 Å². The van der Waals surface area contributed by atoms with Crippen LogP contribution in [0.15, 0.2) is 29.4 Å². The first-order valence-corrected chi connectivity index (χ1v) is 11.0. The maximum atomic E-state index is 11.9. The van der Waals surface area contributed by atoms with Gasteiger partial charge in [0.25, 0.3) is 0 Å². The molecule has 4 rings (SSSR count). The molecule has 0 radical (unpaired) electrons. The van der Waals surface area contributed by atoms with Crippen LogP contribution >= 0.6 is 0 Å². The number of aldehydes is 1. The first kappa shape index (κ1) is 23.8. The zero-order valence-corrected chi connectivity index (χ0v) is 19.8. The normalized spacial score (nSPS) is 17.8. The molecule has 1 atom stereocenters. The number of aromatic nitrogens is 1. The van der Waals surface area contributed by atoms with E-state index in [1.165, 1.54) is 7.11 Å². The first-order chi connectivity index (χ1) is 16.3. The molecule has 34 heavy (non-hydrogen) atoms. The molecule has 2 N–H and O–H groups in total. The number of ether oxygens (including phenoxy) is 3. The lowest BCUT2D eigenvalue weighted by atomic mass is 9.88. The van der Waals surface area contributed by atoms with Crippen LogP contribution in [0, 0.1) is 11.8 Å². The Morgan fingerprint density at radius 3 is 2.74 bits per heavy atom. The maximum Gasteiger partial charge on any atom is 0.231 e. The number of benzene rings is 1. The molecule has 0 unspecified atom stereocenters. The summed E-state index contributed by atoms with van der Waals surface area (Å²) in [5.41, 5.74) is 3.38. The van der Waals surface area contributed by atoms with Gasteiger partial charge in [0.2, 0.25) is 6.79 Å². The number of methoxy groups -OCH3 is 1. The Hall–Kier alpha value is -3.38. The highest BCUT2D eigenvalue weighted by Crippen LogP contribution is 2.42. The van der Waals surface area contributed by atoms with Crippen molar-refractivity contribution in [2.75, 3.05) is 34.2 Å². The van der Waals surface area contributed by atoms with Gasteiger partial charge in [-0.05, 0) is 31.1 Å². The molecule has 8 heteroatoms. The molecule has 0 saturated carbocycles. The van der Waals surface area contributed by atoms with Gasteiger partial charge in [0.15, 0.2) is 11.5 Å². The summed E-state index contributed by atoms with van der Waals surface area (Å²) in [6.45, 7) is 4.02. The summed E-state index contributed by atoms with van der Waals surface area (Å²) in [7, 11) is 3.43. The highest BCUT2D eigenvalue weighted by molar-refractivity contribution is 5.93. The minimum atomic E-state index is -1.24. The highest BCUT2D eigenvalue weighted by atomic mass is 16.7. The van der Waals surface area contributed by atoms with Gasteiger partial charge in [-0.25, -0.2) is 4.98 Å². The minimum Gasteiger partial charge on any atom is -0.454 e. The smallest absolute Gasteiger partial charge is 0.231 e. The van der Waals surface area contributed by atoms with E-state index in [1.54, 1.807) is 6.92 Å². The van der Waals surface area contributed by atoms with Crippen molar-refractivity contribution in [2.24, 2.45) is 0 Å². The second kappa shape index (κ2) is 9.47. The lowest BCUT2D eigenvalue weighted by Gasteiger charge is -2.26. The SMILES string of the molecule is CC[C@](C)(O)C(/C=C1/c2nc3cc4c(cc3c(C#CCO)c2CN1C)OCO4)=C(/C=O)COC. The molecular formula is C26H28N2O6.